The predicted molar refractivity (Wildman–Crippen MR) is 112 cm³/mol. The number of halogens is 3. The molecule has 168 valence electrons. The third kappa shape index (κ3) is 4.15. The van der Waals surface area contributed by atoms with Crippen LogP contribution >= 0.6 is 0 Å². The van der Waals surface area contributed by atoms with Gasteiger partial charge in [-0.25, -0.2) is 18.2 Å². The van der Waals surface area contributed by atoms with E-state index in [1.807, 2.05) is 0 Å². The number of likely N-dealkylation sites (tertiary alicyclic amines) is 1. The van der Waals surface area contributed by atoms with Crippen LogP contribution in [-0.2, 0) is 4.79 Å². The SMILES string of the molecule is Cc1ccc(N=C2C(F)=C(F)C(C)CC2C(=O)N2CC(O)(C3CCCCN3)C2)c(F)c1. The minimum atomic E-state index is -1.19. The first-order chi connectivity index (χ1) is 14.7. The molecule has 1 aliphatic carbocycles. The molecule has 31 heavy (non-hydrogen) atoms. The van der Waals surface area contributed by atoms with Crippen LogP contribution < -0.4 is 5.32 Å². The van der Waals surface area contributed by atoms with Crippen LogP contribution in [0.3, 0.4) is 0 Å². The first-order valence-electron chi connectivity index (χ1n) is 10.8. The number of carbonyl (C=O) groups excluding carboxylic acids is 1. The van der Waals surface area contributed by atoms with E-state index in [1.54, 1.807) is 13.0 Å². The number of carbonyl (C=O) groups is 1. The van der Waals surface area contributed by atoms with Crippen LogP contribution in [-0.4, -0.2) is 52.9 Å². The van der Waals surface area contributed by atoms with Crippen molar-refractivity contribution >= 4 is 17.3 Å². The lowest BCUT2D eigenvalue weighted by atomic mass is 9.78. The summed E-state index contributed by atoms with van der Waals surface area (Å²) < 4.78 is 43.5. The van der Waals surface area contributed by atoms with E-state index in [0.717, 1.165) is 25.8 Å². The van der Waals surface area contributed by atoms with Gasteiger partial charge in [-0.2, -0.15) is 0 Å². The zero-order valence-corrected chi connectivity index (χ0v) is 17.8. The Bertz CT molecular complexity index is 934. The molecule has 0 bridgehead atoms. The first kappa shape index (κ1) is 22.0. The van der Waals surface area contributed by atoms with Gasteiger partial charge in [0.05, 0.1) is 30.4 Å². The number of hydrogen-bond acceptors (Lipinski definition) is 4. The molecule has 2 heterocycles. The third-order valence-electron chi connectivity index (χ3n) is 6.63. The summed E-state index contributed by atoms with van der Waals surface area (Å²) >= 11 is 0. The number of nitrogens with zero attached hydrogens (tertiary/aromatic N) is 2. The van der Waals surface area contributed by atoms with Crippen LogP contribution in [0.25, 0.3) is 0 Å². The molecule has 1 aromatic rings. The Labute approximate surface area is 180 Å². The van der Waals surface area contributed by atoms with Gasteiger partial charge in [0, 0.05) is 12.0 Å². The average Bonchev–Trinajstić information content (AvgIpc) is 2.73. The summed E-state index contributed by atoms with van der Waals surface area (Å²) in [5.41, 5.74) is -0.863. The van der Waals surface area contributed by atoms with Gasteiger partial charge in [0.1, 0.15) is 17.2 Å². The summed E-state index contributed by atoms with van der Waals surface area (Å²) in [4.78, 5) is 18.7. The van der Waals surface area contributed by atoms with Gasteiger partial charge in [-0.05, 0) is 50.4 Å². The minimum Gasteiger partial charge on any atom is -0.385 e. The van der Waals surface area contributed by atoms with Crippen LogP contribution in [0.4, 0.5) is 18.9 Å². The molecule has 4 rings (SSSR count). The van der Waals surface area contributed by atoms with E-state index < -0.39 is 40.8 Å². The largest absolute Gasteiger partial charge is 0.385 e. The maximum atomic E-state index is 14.8. The standard InChI is InChI=1S/C23H28F3N3O2/c1-13-6-7-17(16(24)9-13)28-21-15(10-14(2)19(25)20(21)26)22(30)29-11-23(31,12-29)18-5-3-4-8-27-18/h6-7,9,14-15,18,27,31H,3-5,8,10-12H2,1-2H3. The van der Waals surface area contributed by atoms with Crippen molar-refractivity contribution in [3.05, 3.63) is 41.2 Å². The van der Waals surface area contributed by atoms with E-state index >= 15 is 0 Å². The minimum absolute atomic E-state index is 0.0427. The molecular weight excluding hydrogens is 407 g/mol. The maximum absolute atomic E-state index is 14.8. The van der Waals surface area contributed by atoms with Crippen molar-refractivity contribution in [2.75, 3.05) is 19.6 Å². The van der Waals surface area contributed by atoms with Crippen LogP contribution in [0.2, 0.25) is 0 Å². The van der Waals surface area contributed by atoms with Gasteiger partial charge in [-0.1, -0.05) is 19.4 Å². The quantitative estimate of drug-likeness (QED) is 0.761. The first-order valence-corrected chi connectivity index (χ1v) is 10.8. The second-order valence-corrected chi connectivity index (χ2v) is 9.10. The van der Waals surface area contributed by atoms with E-state index in [9.17, 15) is 23.1 Å². The molecule has 2 saturated heterocycles. The molecule has 1 aromatic carbocycles. The molecular formula is C23H28F3N3O2. The maximum Gasteiger partial charge on any atom is 0.232 e. The number of amides is 1. The van der Waals surface area contributed by atoms with E-state index in [-0.39, 0.29) is 37.0 Å². The monoisotopic (exact) mass is 435 g/mol. The number of piperidine rings is 1. The lowest BCUT2D eigenvalue weighted by molar-refractivity contribution is -0.165. The van der Waals surface area contributed by atoms with Crippen molar-refractivity contribution in [1.82, 2.24) is 10.2 Å². The fraction of sp³-hybridized carbons (Fsp3) is 0.565. The normalized spacial score (nSPS) is 29.8. The number of hydrogen-bond donors (Lipinski definition) is 2. The molecule has 2 fully saturated rings. The number of nitrogens with one attached hydrogen (secondary N) is 1. The number of allylic oxidation sites excluding steroid dienone is 2. The van der Waals surface area contributed by atoms with E-state index in [0.29, 0.717) is 5.56 Å². The van der Waals surface area contributed by atoms with Gasteiger partial charge in [0.2, 0.25) is 5.91 Å². The third-order valence-corrected chi connectivity index (χ3v) is 6.63. The van der Waals surface area contributed by atoms with Crippen molar-refractivity contribution in [3.8, 4) is 0 Å². The molecule has 0 radical (unpaired) electrons. The summed E-state index contributed by atoms with van der Waals surface area (Å²) in [6.45, 7) is 4.32. The van der Waals surface area contributed by atoms with Gasteiger partial charge in [0.15, 0.2) is 5.83 Å². The van der Waals surface area contributed by atoms with Crippen molar-refractivity contribution in [2.24, 2.45) is 16.8 Å². The van der Waals surface area contributed by atoms with E-state index in [2.05, 4.69) is 10.3 Å². The van der Waals surface area contributed by atoms with Crippen molar-refractivity contribution in [1.29, 1.82) is 0 Å². The lowest BCUT2D eigenvalue weighted by Gasteiger charge is -2.52. The topological polar surface area (TPSA) is 64.9 Å². The fourth-order valence-corrected chi connectivity index (χ4v) is 4.76. The Kier molecular flexibility index (Phi) is 5.96. The van der Waals surface area contributed by atoms with Crippen LogP contribution in [0.1, 0.15) is 38.2 Å². The van der Waals surface area contributed by atoms with Crippen LogP contribution in [0.5, 0.6) is 0 Å². The van der Waals surface area contributed by atoms with E-state index in [4.69, 9.17) is 0 Å². The van der Waals surface area contributed by atoms with Gasteiger partial charge in [-0.15, -0.1) is 0 Å². The highest BCUT2D eigenvalue weighted by atomic mass is 19.2. The van der Waals surface area contributed by atoms with Crippen LogP contribution in [0, 0.1) is 24.6 Å². The molecule has 2 aliphatic heterocycles. The number of aliphatic hydroxyl groups is 1. The molecule has 3 unspecified atom stereocenters. The van der Waals surface area contributed by atoms with Gasteiger partial charge in [0.25, 0.3) is 0 Å². The summed E-state index contributed by atoms with van der Waals surface area (Å²) in [6, 6.07) is 4.18. The summed E-state index contributed by atoms with van der Waals surface area (Å²) in [6.07, 6.45) is 2.95. The van der Waals surface area contributed by atoms with Gasteiger partial charge >= 0.3 is 0 Å². The van der Waals surface area contributed by atoms with E-state index in [1.165, 1.54) is 24.0 Å². The number of aryl methyl sites for hydroxylation is 1. The Balaban J connectivity index is 1.58. The molecule has 8 heteroatoms. The molecule has 3 atom stereocenters. The molecule has 5 nitrogen and oxygen atoms in total. The number of benzene rings is 1. The highest BCUT2D eigenvalue weighted by Gasteiger charge is 2.51. The second kappa shape index (κ2) is 8.39. The Morgan fingerprint density at radius 1 is 1.26 bits per heavy atom. The molecule has 0 spiro atoms. The molecule has 3 aliphatic rings. The number of rotatable bonds is 3. The second-order valence-electron chi connectivity index (χ2n) is 9.10. The Morgan fingerprint density at radius 2 is 2.00 bits per heavy atom. The number of β-amino-alcohol motifs (C(OH)–C–C–N with tert-alkyl or cyclic N) is 1. The zero-order chi connectivity index (χ0) is 22.3. The van der Waals surface area contributed by atoms with Crippen molar-refractivity contribution < 1.29 is 23.1 Å². The van der Waals surface area contributed by atoms with Crippen molar-refractivity contribution in [3.63, 3.8) is 0 Å². The highest BCUT2D eigenvalue weighted by Crippen LogP contribution is 2.38. The molecule has 1 amide bonds. The lowest BCUT2D eigenvalue weighted by Crippen LogP contribution is -2.72. The smallest absolute Gasteiger partial charge is 0.232 e. The predicted octanol–water partition coefficient (Wildman–Crippen LogP) is 3.73. The molecule has 0 saturated carbocycles. The number of aliphatic imine (C=N–C) groups is 1. The van der Waals surface area contributed by atoms with Crippen molar-refractivity contribution in [2.45, 2.75) is 51.2 Å². The Morgan fingerprint density at radius 3 is 2.65 bits per heavy atom. The van der Waals surface area contributed by atoms with Gasteiger partial charge in [-0.3, -0.25) is 4.79 Å². The summed E-state index contributed by atoms with van der Waals surface area (Å²) in [5.74, 6) is -5.05. The highest BCUT2D eigenvalue weighted by molar-refractivity contribution is 6.13. The molecule has 2 N–H and O–H groups in total. The summed E-state index contributed by atoms with van der Waals surface area (Å²) in [7, 11) is 0. The average molecular weight is 435 g/mol. The molecule has 0 aromatic heterocycles. The summed E-state index contributed by atoms with van der Waals surface area (Å²) in [5, 5.41) is 14.2. The van der Waals surface area contributed by atoms with Crippen LogP contribution in [0.15, 0.2) is 34.8 Å². The zero-order valence-electron chi connectivity index (χ0n) is 17.8. The fourth-order valence-electron chi connectivity index (χ4n) is 4.76. The Hall–Kier alpha value is -2.19. The van der Waals surface area contributed by atoms with Gasteiger partial charge < -0.3 is 15.3 Å².